The number of nitrogens with zero attached hydrogens (tertiary/aromatic N) is 4. The number of morpholine rings is 1. The fraction of sp³-hybridized carbons (Fsp3) is 0.750. The van der Waals surface area contributed by atoms with E-state index < -0.39 is 0 Å². The second-order valence-electron chi connectivity index (χ2n) is 8.00. The minimum Gasteiger partial charge on any atom is -0.379 e. The largest absolute Gasteiger partial charge is 0.379 e. The quantitative estimate of drug-likeness (QED) is 0.780. The molecule has 1 unspecified atom stereocenters. The molecule has 3 heterocycles. The van der Waals surface area contributed by atoms with E-state index in [-0.39, 0.29) is 11.8 Å². The van der Waals surface area contributed by atoms with Crippen LogP contribution in [0, 0.1) is 11.8 Å². The highest BCUT2D eigenvalue weighted by atomic mass is 16.5. The van der Waals surface area contributed by atoms with Gasteiger partial charge in [0.15, 0.2) is 0 Å². The highest BCUT2D eigenvalue weighted by Crippen LogP contribution is 2.21. The maximum Gasteiger partial charge on any atom is 0.223 e. The van der Waals surface area contributed by atoms with Crippen molar-refractivity contribution in [2.24, 2.45) is 11.8 Å². The van der Waals surface area contributed by atoms with E-state index >= 15 is 0 Å². The number of aromatic nitrogens is 2. The summed E-state index contributed by atoms with van der Waals surface area (Å²) in [6.07, 6.45) is 8.04. The summed E-state index contributed by atoms with van der Waals surface area (Å²) in [5.41, 5.74) is 0. The summed E-state index contributed by atoms with van der Waals surface area (Å²) in [4.78, 5) is 25.9. The molecule has 1 aromatic rings. The van der Waals surface area contributed by atoms with E-state index in [1.165, 1.54) is 0 Å². The maximum absolute atomic E-state index is 12.7. The Morgan fingerprint density at radius 1 is 1.22 bits per heavy atom. The minimum atomic E-state index is 0.0994. The summed E-state index contributed by atoms with van der Waals surface area (Å²) in [7, 11) is 0. The molecule has 2 saturated heterocycles. The Hall–Kier alpha value is -1.73. The summed E-state index contributed by atoms with van der Waals surface area (Å²) in [6.45, 7) is 10.5. The number of piperidine rings is 1. The molecule has 1 N–H and O–H groups in total. The van der Waals surface area contributed by atoms with Gasteiger partial charge in [-0.05, 0) is 25.2 Å². The van der Waals surface area contributed by atoms with Crippen molar-refractivity contribution >= 4 is 11.7 Å². The molecule has 7 nitrogen and oxygen atoms in total. The van der Waals surface area contributed by atoms with Crippen molar-refractivity contribution in [1.82, 2.24) is 20.2 Å². The molecule has 3 rings (SSSR count). The van der Waals surface area contributed by atoms with Crippen LogP contribution in [0.1, 0.15) is 33.1 Å². The van der Waals surface area contributed by atoms with Crippen LogP contribution in [0.15, 0.2) is 18.6 Å². The Morgan fingerprint density at radius 3 is 2.59 bits per heavy atom. The predicted octanol–water partition coefficient (Wildman–Crippen LogP) is 1.56. The second kappa shape index (κ2) is 9.99. The molecule has 0 saturated carbocycles. The maximum atomic E-state index is 12.7. The number of rotatable bonds is 7. The molecule has 1 atom stereocenters. The van der Waals surface area contributed by atoms with Crippen LogP contribution >= 0.6 is 0 Å². The molecular formula is C20H33N5O2. The Labute approximate surface area is 162 Å². The molecular weight excluding hydrogens is 342 g/mol. The number of anilines is 1. The number of hydrogen-bond acceptors (Lipinski definition) is 6. The van der Waals surface area contributed by atoms with Gasteiger partial charge in [-0.25, -0.2) is 4.98 Å². The predicted molar refractivity (Wildman–Crippen MR) is 106 cm³/mol. The topological polar surface area (TPSA) is 70.6 Å². The summed E-state index contributed by atoms with van der Waals surface area (Å²) in [5, 5.41) is 3.24. The van der Waals surface area contributed by atoms with Crippen LogP contribution in [0.3, 0.4) is 0 Å². The molecule has 0 aromatic carbocycles. The van der Waals surface area contributed by atoms with Crippen molar-refractivity contribution < 1.29 is 9.53 Å². The molecule has 1 amide bonds. The molecule has 2 fully saturated rings. The van der Waals surface area contributed by atoms with E-state index in [2.05, 4.69) is 38.9 Å². The molecule has 2 aliphatic heterocycles. The molecule has 150 valence electrons. The van der Waals surface area contributed by atoms with Crippen LogP contribution < -0.4 is 10.2 Å². The van der Waals surface area contributed by atoms with E-state index in [0.29, 0.717) is 12.0 Å². The molecule has 1 aromatic heterocycles. The van der Waals surface area contributed by atoms with E-state index in [0.717, 1.165) is 71.0 Å². The van der Waals surface area contributed by atoms with Gasteiger partial charge in [0.25, 0.3) is 0 Å². The molecule has 0 radical (unpaired) electrons. The molecule has 27 heavy (non-hydrogen) atoms. The van der Waals surface area contributed by atoms with Gasteiger partial charge in [-0.3, -0.25) is 14.7 Å². The fourth-order valence-electron chi connectivity index (χ4n) is 4.04. The van der Waals surface area contributed by atoms with Crippen molar-refractivity contribution in [3.8, 4) is 0 Å². The highest BCUT2D eigenvalue weighted by molar-refractivity contribution is 5.79. The third-order valence-electron chi connectivity index (χ3n) is 5.56. The van der Waals surface area contributed by atoms with Gasteiger partial charge in [0.1, 0.15) is 5.82 Å². The third kappa shape index (κ3) is 5.87. The third-order valence-corrected chi connectivity index (χ3v) is 5.56. The summed E-state index contributed by atoms with van der Waals surface area (Å²) in [5.74, 6) is 1.82. The zero-order valence-electron chi connectivity index (χ0n) is 16.6. The zero-order valence-corrected chi connectivity index (χ0v) is 16.6. The van der Waals surface area contributed by atoms with Gasteiger partial charge in [-0.15, -0.1) is 0 Å². The van der Waals surface area contributed by atoms with Gasteiger partial charge in [0.05, 0.1) is 19.4 Å². The molecule has 7 heteroatoms. The van der Waals surface area contributed by atoms with Crippen molar-refractivity contribution in [2.45, 2.75) is 39.2 Å². The standard InChI is InChI=1S/C20H33N5O2/c1-16(2)13-18(24-9-11-27-12-10-24)14-23-20(26)17-3-7-25(8-4-17)19-15-21-5-6-22-19/h5-6,15-18H,3-4,7-14H2,1-2H3,(H,23,26). The summed E-state index contributed by atoms with van der Waals surface area (Å²) in [6, 6.07) is 0.400. The van der Waals surface area contributed by atoms with Gasteiger partial charge < -0.3 is 15.0 Å². The van der Waals surface area contributed by atoms with E-state index in [4.69, 9.17) is 4.74 Å². The van der Waals surface area contributed by atoms with E-state index in [9.17, 15) is 4.79 Å². The summed E-state index contributed by atoms with van der Waals surface area (Å²) >= 11 is 0. The SMILES string of the molecule is CC(C)CC(CNC(=O)C1CCN(c2cnccn2)CC1)N1CCOCC1. The van der Waals surface area contributed by atoms with Gasteiger partial charge in [-0.2, -0.15) is 0 Å². The lowest BCUT2D eigenvalue weighted by molar-refractivity contribution is -0.126. The van der Waals surface area contributed by atoms with Crippen LogP contribution in [0.5, 0.6) is 0 Å². The monoisotopic (exact) mass is 375 g/mol. The lowest BCUT2D eigenvalue weighted by atomic mass is 9.95. The first-order valence-electron chi connectivity index (χ1n) is 10.2. The first kappa shape index (κ1) is 20.0. The van der Waals surface area contributed by atoms with Crippen molar-refractivity contribution in [3.63, 3.8) is 0 Å². The van der Waals surface area contributed by atoms with Crippen LogP contribution in [-0.4, -0.2) is 72.8 Å². The van der Waals surface area contributed by atoms with Crippen molar-refractivity contribution in [1.29, 1.82) is 0 Å². The Kier molecular flexibility index (Phi) is 7.41. The number of carbonyl (C=O) groups is 1. The van der Waals surface area contributed by atoms with E-state index in [1.54, 1.807) is 18.6 Å². The second-order valence-corrected chi connectivity index (χ2v) is 8.00. The Bertz CT molecular complexity index is 569. The van der Waals surface area contributed by atoms with Gasteiger partial charge >= 0.3 is 0 Å². The molecule has 0 aliphatic carbocycles. The van der Waals surface area contributed by atoms with E-state index in [1.807, 2.05) is 0 Å². The summed E-state index contributed by atoms with van der Waals surface area (Å²) < 4.78 is 5.48. The number of carbonyl (C=O) groups excluding carboxylic acids is 1. The van der Waals surface area contributed by atoms with Gasteiger partial charge in [0, 0.05) is 57.1 Å². The normalized spacial score (nSPS) is 20.6. The van der Waals surface area contributed by atoms with Crippen LogP contribution in [-0.2, 0) is 9.53 Å². The van der Waals surface area contributed by atoms with Crippen molar-refractivity contribution in [3.05, 3.63) is 18.6 Å². The average molecular weight is 376 g/mol. The van der Waals surface area contributed by atoms with Crippen LogP contribution in [0.2, 0.25) is 0 Å². The number of hydrogen-bond donors (Lipinski definition) is 1. The number of amides is 1. The first-order valence-corrected chi connectivity index (χ1v) is 10.2. The zero-order chi connectivity index (χ0) is 19.1. The average Bonchev–Trinajstić information content (AvgIpc) is 2.72. The Balaban J connectivity index is 1.46. The van der Waals surface area contributed by atoms with Crippen LogP contribution in [0.25, 0.3) is 0 Å². The molecule has 0 spiro atoms. The van der Waals surface area contributed by atoms with Crippen LogP contribution in [0.4, 0.5) is 5.82 Å². The minimum absolute atomic E-state index is 0.0994. The smallest absolute Gasteiger partial charge is 0.223 e. The number of ether oxygens (including phenoxy) is 1. The van der Waals surface area contributed by atoms with Gasteiger partial charge in [-0.1, -0.05) is 13.8 Å². The molecule has 0 bridgehead atoms. The lowest BCUT2D eigenvalue weighted by Crippen LogP contribution is -2.50. The van der Waals surface area contributed by atoms with Crippen molar-refractivity contribution in [2.75, 3.05) is 50.8 Å². The van der Waals surface area contributed by atoms with Gasteiger partial charge in [0.2, 0.25) is 5.91 Å². The Morgan fingerprint density at radius 2 is 1.96 bits per heavy atom. The molecule has 2 aliphatic rings. The number of nitrogens with one attached hydrogen (secondary N) is 1. The lowest BCUT2D eigenvalue weighted by Gasteiger charge is -2.36. The fourth-order valence-corrected chi connectivity index (χ4v) is 4.04. The highest BCUT2D eigenvalue weighted by Gasteiger charge is 2.27. The first-order chi connectivity index (χ1) is 13.1.